The molecule has 7 nitrogen and oxygen atoms in total. The number of benzene rings is 2. The number of para-hydroxylation sites is 1. The van der Waals surface area contributed by atoms with Crippen LogP contribution in [0.3, 0.4) is 0 Å². The number of anilines is 2. The molecule has 1 atom stereocenters. The lowest BCUT2D eigenvalue weighted by Crippen LogP contribution is -2.32. The largest absolute Gasteiger partial charge is 0.325 e. The van der Waals surface area contributed by atoms with Crippen LogP contribution < -0.4 is 10.6 Å². The Morgan fingerprint density at radius 1 is 1.13 bits per heavy atom. The van der Waals surface area contributed by atoms with Gasteiger partial charge in [-0.2, -0.15) is 0 Å². The molecule has 0 aliphatic carbocycles. The van der Waals surface area contributed by atoms with E-state index < -0.39 is 0 Å². The maximum absolute atomic E-state index is 12.8. The zero-order valence-corrected chi connectivity index (χ0v) is 17.8. The van der Waals surface area contributed by atoms with Gasteiger partial charge in [0.05, 0.1) is 19.0 Å². The maximum Gasteiger partial charge on any atom is 0.323 e. The van der Waals surface area contributed by atoms with Crippen LogP contribution in [0.25, 0.3) is 0 Å². The summed E-state index contributed by atoms with van der Waals surface area (Å²) < 4.78 is 0. The van der Waals surface area contributed by atoms with Crippen molar-refractivity contribution in [3.8, 4) is 0 Å². The van der Waals surface area contributed by atoms with E-state index >= 15 is 0 Å². The van der Waals surface area contributed by atoms with Gasteiger partial charge in [-0.05, 0) is 36.2 Å². The number of Topliss-reactive ketones (excluding diaryl/α,β-unsaturated/α-hetero) is 1. The predicted octanol–water partition coefficient (Wildman–Crippen LogP) is 4.18. The molecule has 1 aromatic heterocycles. The van der Waals surface area contributed by atoms with E-state index in [1.807, 2.05) is 36.6 Å². The third-order valence-corrected chi connectivity index (χ3v) is 6.04. The minimum absolute atomic E-state index is 0.0489. The van der Waals surface area contributed by atoms with E-state index in [2.05, 4.69) is 15.6 Å². The summed E-state index contributed by atoms with van der Waals surface area (Å²) in [5.74, 6) is -0.0585. The number of urea groups is 1. The summed E-state index contributed by atoms with van der Waals surface area (Å²) in [5, 5.41) is 8.24. The number of likely N-dealkylation sites (tertiary alicyclic amines) is 1. The summed E-state index contributed by atoms with van der Waals surface area (Å²) in [5.41, 5.74) is 3.16. The molecule has 2 N–H and O–H groups in total. The van der Waals surface area contributed by atoms with E-state index in [4.69, 9.17) is 0 Å². The molecule has 0 saturated carbocycles. The first-order valence-corrected chi connectivity index (χ1v) is 10.8. The van der Waals surface area contributed by atoms with Crippen molar-refractivity contribution >= 4 is 40.4 Å². The van der Waals surface area contributed by atoms with Crippen molar-refractivity contribution in [2.24, 2.45) is 0 Å². The molecule has 3 amide bonds. The number of thiazole rings is 1. The lowest BCUT2D eigenvalue weighted by Gasteiger charge is -2.22. The number of nitrogens with one attached hydrogen (secondary N) is 2. The van der Waals surface area contributed by atoms with Gasteiger partial charge in [-0.25, -0.2) is 9.78 Å². The van der Waals surface area contributed by atoms with E-state index in [-0.39, 0.29) is 36.7 Å². The van der Waals surface area contributed by atoms with Gasteiger partial charge in [0.2, 0.25) is 5.91 Å². The molecular formula is C23H22N4O3S. The van der Waals surface area contributed by atoms with Gasteiger partial charge in [0.1, 0.15) is 5.01 Å². The van der Waals surface area contributed by atoms with Crippen molar-refractivity contribution in [3.05, 3.63) is 76.2 Å². The number of rotatable bonds is 5. The summed E-state index contributed by atoms with van der Waals surface area (Å²) >= 11 is 1.46. The van der Waals surface area contributed by atoms with E-state index in [0.29, 0.717) is 12.1 Å². The monoisotopic (exact) mass is 434 g/mol. The van der Waals surface area contributed by atoms with Crippen LogP contribution in [-0.4, -0.2) is 34.2 Å². The van der Waals surface area contributed by atoms with Crippen LogP contribution in [0.15, 0.2) is 60.1 Å². The minimum atomic E-state index is -0.333. The molecule has 8 heteroatoms. The van der Waals surface area contributed by atoms with E-state index in [1.54, 1.807) is 35.4 Å². The highest BCUT2D eigenvalue weighted by atomic mass is 32.1. The molecule has 1 aliphatic heterocycles. The maximum atomic E-state index is 12.8. The number of aromatic nitrogens is 1. The fourth-order valence-electron chi connectivity index (χ4n) is 3.55. The topological polar surface area (TPSA) is 91.4 Å². The molecule has 0 bridgehead atoms. The normalized spacial score (nSPS) is 15.7. The molecule has 158 valence electrons. The number of hydrogen-bond acceptors (Lipinski definition) is 5. The molecule has 1 unspecified atom stereocenters. The summed E-state index contributed by atoms with van der Waals surface area (Å²) in [6.07, 6.45) is 2.19. The second kappa shape index (κ2) is 9.09. The van der Waals surface area contributed by atoms with Gasteiger partial charge >= 0.3 is 6.03 Å². The molecule has 2 heterocycles. The number of carbonyl (C=O) groups excluding carboxylic acids is 3. The smallest absolute Gasteiger partial charge is 0.323 e. The van der Waals surface area contributed by atoms with Gasteiger partial charge in [0.15, 0.2) is 5.78 Å². The Bertz CT molecular complexity index is 1100. The van der Waals surface area contributed by atoms with Crippen LogP contribution in [0.1, 0.15) is 28.6 Å². The Morgan fingerprint density at radius 2 is 1.90 bits per heavy atom. The standard InChI is InChI=1S/C23H22N4O3S/c1-15-4-2-3-5-19(15)26-23(30)25-17-8-6-16(7-9-17)12-21(29)27-14-18(28)13-20(27)22-24-10-11-31-22/h2-11,20H,12-14H2,1H3,(H2,25,26,30). The highest BCUT2D eigenvalue weighted by Gasteiger charge is 2.36. The first-order valence-electron chi connectivity index (χ1n) is 9.93. The summed E-state index contributed by atoms with van der Waals surface area (Å²) in [7, 11) is 0. The molecule has 4 rings (SSSR count). The van der Waals surface area contributed by atoms with Gasteiger partial charge in [0, 0.05) is 29.4 Å². The third kappa shape index (κ3) is 4.97. The molecule has 2 aromatic carbocycles. The fraction of sp³-hybridized carbons (Fsp3) is 0.217. The first-order chi connectivity index (χ1) is 15.0. The number of carbonyl (C=O) groups is 3. The van der Waals surface area contributed by atoms with Crippen molar-refractivity contribution in [3.63, 3.8) is 0 Å². The number of amides is 3. The second-order valence-corrected chi connectivity index (χ2v) is 8.34. The summed E-state index contributed by atoms with van der Waals surface area (Å²) in [6, 6.07) is 14.1. The van der Waals surface area contributed by atoms with Crippen molar-refractivity contribution in [2.75, 3.05) is 17.2 Å². The molecule has 1 fully saturated rings. The molecule has 3 aromatic rings. The number of aryl methyl sites for hydroxylation is 1. The fourth-order valence-corrected chi connectivity index (χ4v) is 4.30. The van der Waals surface area contributed by atoms with Crippen LogP contribution in [0.4, 0.5) is 16.2 Å². The van der Waals surface area contributed by atoms with Gasteiger partial charge in [-0.15, -0.1) is 11.3 Å². The molecule has 1 saturated heterocycles. The van der Waals surface area contributed by atoms with E-state index in [0.717, 1.165) is 21.8 Å². The Labute approximate surface area is 184 Å². The van der Waals surface area contributed by atoms with Gasteiger partial charge in [0.25, 0.3) is 0 Å². The molecule has 0 radical (unpaired) electrons. The quantitative estimate of drug-likeness (QED) is 0.630. The van der Waals surface area contributed by atoms with Gasteiger partial charge in [-0.1, -0.05) is 30.3 Å². The first kappa shape index (κ1) is 20.7. The number of ketones is 1. The van der Waals surface area contributed by atoms with Gasteiger partial charge in [-0.3, -0.25) is 9.59 Å². The third-order valence-electron chi connectivity index (χ3n) is 5.16. The van der Waals surface area contributed by atoms with Crippen molar-refractivity contribution in [2.45, 2.75) is 25.8 Å². The Balaban J connectivity index is 1.36. The highest BCUT2D eigenvalue weighted by molar-refractivity contribution is 7.09. The minimum Gasteiger partial charge on any atom is -0.325 e. The lowest BCUT2D eigenvalue weighted by atomic mass is 10.1. The van der Waals surface area contributed by atoms with Crippen molar-refractivity contribution < 1.29 is 14.4 Å². The van der Waals surface area contributed by atoms with Crippen molar-refractivity contribution in [1.29, 1.82) is 0 Å². The number of nitrogens with zero attached hydrogens (tertiary/aromatic N) is 2. The van der Waals surface area contributed by atoms with Crippen LogP contribution >= 0.6 is 11.3 Å². The molecular weight excluding hydrogens is 412 g/mol. The van der Waals surface area contributed by atoms with Crippen molar-refractivity contribution in [1.82, 2.24) is 9.88 Å². The van der Waals surface area contributed by atoms with Gasteiger partial charge < -0.3 is 15.5 Å². The zero-order valence-electron chi connectivity index (χ0n) is 17.0. The van der Waals surface area contributed by atoms with Crippen LogP contribution in [0.5, 0.6) is 0 Å². The summed E-state index contributed by atoms with van der Waals surface area (Å²) in [6.45, 7) is 2.05. The van der Waals surface area contributed by atoms with Crippen LogP contribution in [0.2, 0.25) is 0 Å². The number of hydrogen-bond donors (Lipinski definition) is 2. The van der Waals surface area contributed by atoms with E-state index in [9.17, 15) is 14.4 Å². The Hall–Kier alpha value is -3.52. The summed E-state index contributed by atoms with van der Waals surface area (Å²) in [4.78, 5) is 42.9. The Kier molecular flexibility index (Phi) is 6.08. The Morgan fingerprint density at radius 3 is 2.61 bits per heavy atom. The lowest BCUT2D eigenvalue weighted by molar-refractivity contribution is -0.132. The molecule has 31 heavy (non-hydrogen) atoms. The van der Waals surface area contributed by atoms with E-state index in [1.165, 1.54) is 11.3 Å². The highest BCUT2D eigenvalue weighted by Crippen LogP contribution is 2.31. The predicted molar refractivity (Wildman–Crippen MR) is 120 cm³/mol. The SMILES string of the molecule is Cc1ccccc1NC(=O)Nc1ccc(CC(=O)N2CC(=O)CC2c2nccs2)cc1. The molecule has 0 spiro atoms. The van der Waals surface area contributed by atoms with Crippen LogP contribution in [-0.2, 0) is 16.0 Å². The molecule has 1 aliphatic rings. The second-order valence-electron chi connectivity index (χ2n) is 7.42. The average Bonchev–Trinajstić information content (AvgIpc) is 3.41. The zero-order chi connectivity index (χ0) is 21.8. The van der Waals surface area contributed by atoms with Crippen LogP contribution in [0, 0.1) is 6.92 Å². The average molecular weight is 435 g/mol.